The molecule has 0 spiro atoms. The Morgan fingerprint density at radius 1 is 1.15 bits per heavy atom. The lowest BCUT2D eigenvalue weighted by Gasteiger charge is -2.14. The fraction of sp³-hybridized carbons (Fsp3) is 0.250. The van der Waals surface area contributed by atoms with Crippen LogP contribution >= 0.6 is 11.8 Å². The van der Waals surface area contributed by atoms with Crippen molar-refractivity contribution in [1.82, 2.24) is 5.32 Å². The normalized spacial score (nSPS) is 11.1. The van der Waals surface area contributed by atoms with E-state index < -0.39 is 12.1 Å². The van der Waals surface area contributed by atoms with E-state index in [1.807, 2.05) is 36.4 Å². The maximum atomic E-state index is 11.9. The monoisotopic (exact) mass is 384 g/mol. The minimum Gasteiger partial charge on any atom is -0.479 e. The molecule has 0 radical (unpaired) electrons. The first-order valence-electron chi connectivity index (χ1n) is 8.36. The molecule has 1 atom stereocenters. The Morgan fingerprint density at radius 3 is 2.52 bits per heavy atom. The fourth-order valence-electron chi connectivity index (χ4n) is 2.04. The largest absolute Gasteiger partial charge is 0.479 e. The molecule has 0 saturated carbocycles. The molecule has 0 fully saturated rings. The highest BCUT2D eigenvalue weighted by molar-refractivity contribution is 7.99. The first-order chi connectivity index (χ1) is 13.1. The van der Waals surface area contributed by atoms with Crippen LogP contribution in [-0.2, 0) is 14.3 Å². The third-order valence-electron chi connectivity index (χ3n) is 3.41. The van der Waals surface area contributed by atoms with Gasteiger partial charge in [-0.25, -0.2) is 4.79 Å². The number of hydrogen-bond acceptors (Lipinski definition) is 6. The van der Waals surface area contributed by atoms with Crippen LogP contribution in [0.4, 0.5) is 0 Å². The molecule has 0 aliphatic heterocycles. The molecule has 2 aromatic rings. The highest BCUT2D eigenvalue weighted by Gasteiger charge is 2.17. The zero-order valence-electron chi connectivity index (χ0n) is 14.9. The number of thioether (sulfide) groups is 1. The lowest BCUT2D eigenvalue weighted by atomic mass is 10.2. The summed E-state index contributed by atoms with van der Waals surface area (Å²) < 4.78 is 10.4. The maximum Gasteiger partial charge on any atom is 0.347 e. The summed E-state index contributed by atoms with van der Waals surface area (Å²) in [5.41, 5.74) is 0.500. The van der Waals surface area contributed by atoms with Crippen molar-refractivity contribution in [2.45, 2.75) is 17.9 Å². The zero-order valence-corrected chi connectivity index (χ0v) is 15.7. The van der Waals surface area contributed by atoms with Gasteiger partial charge in [-0.3, -0.25) is 4.79 Å². The quantitative estimate of drug-likeness (QED) is 0.406. The Morgan fingerprint density at radius 2 is 1.85 bits per heavy atom. The minimum atomic E-state index is -0.862. The Kier molecular flexibility index (Phi) is 8.20. The van der Waals surface area contributed by atoms with E-state index in [4.69, 9.17) is 14.7 Å². The molecule has 0 bridgehead atoms. The van der Waals surface area contributed by atoms with Crippen LogP contribution in [0.1, 0.15) is 12.5 Å². The van der Waals surface area contributed by atoms with Crippen LogP contribution < -0.4 is 10.1 Å². The van der Waals surface area contributed by atoms with Crippen molar-refractivity contribution in [3.8, 4) is 11.8 Å². The second-order valence-electron chi connectivity index (χ2n) is 5.52. The van der Waals surface area contributed by atoms with E-state index in [9.17, 15) is 9.59 Å². The number of carbonyl (C=O) groups is 2. The molecule has 0 aliphatic carbocycles. The second kappa shape index (κ2) is 10.9. The Hall–Kier alpha value is -2.98. The van der Waals surface area contributed by atoms with Crippen LogP contribution in [0.5, 0.6) is 5.75 Å². The molecule has 0 aromatic heterocycles. The van der Waals surface area contributed by atoms with E-state index in [1.165, 1.54) is 6.92 Å². The third-order valence-corrected chi connectivity index (χ3v) is 4.42. The van der Waals surface area contributed by atoms with Gasteiger partial charge >= 0.3 is 5.97 Å². The summed E-state index contributed by atoms with van der Waals surface area (Å²) in [4.78, 5) is 24.8. The predicted molar refractivity (Wildman–Crippen MR) is 102 cm³/mol. The van der Waals surface area contributed by atoms with Gasteiger partial charge in [0.05, 0.1) is 11.6 Å². The summed E-state index contributed by atoms with van der Waals surface area (Å²) in [7, 11) is 0. The average Bonchev–Trinajstić information content (AvgIpc) is 2.70. The van der Waals surface area contributed by atoms with Gasteiger partial charge in [-0.1, -0.05) is 18.2 Å². The zero-order chi connectivity index (χ0) is 19.5. The highest BCUT2D eigenvalue weighted by atomic mass is 32.2. The number of ether oxygens (including phenoxy) is 2. The number of nitrogens with one attached hydrogen (secondary N) is 1. The molecular formula is C20H20N2O4S. The summed E-state index contributed by atoms with van der Waals surface area (Å²) in [6.07, 6.45) is -0.862. The van der Waals surface area contributed by atoms with Crippen molar-refractivity contribution in [3.63, 3.8) is 0 Å². The predicted octanol–water partition coefficient (Wildman–Crippen LogP) is 2.78. The first-order valence-corrected chi connectivity index (χ1v) is 9.35. The summed E-state index contributed by atoms with van der Waals surface area (Å²) in [5.74, 6) is 0.179. The summed E-state index contributed by atoms with van der Waals surface area (Å²) in [6, 6.07) is 18.3. The molecule has 0 heterocycles. The number of nitriles is 1. The summed E-state index contributed by atoms with van der Waals surface area (Å²) in [5, 5.41) is 11.5. The first kappa shape index (κ1) is 20.3. The van der Waals surface area contributed by atoms with Gasteiger partial charge in [-0.2, -0.15) is 5.26 Å². The van der Waals surface area contributed by atoms with Crippen molar-refractivity contribution in [2.75, 3.05) is 18.9 Å². The van der Waals surface area contributed by atoms with E-state index in [2.05, 4.69) is 5.32 Å². The van der Waals surface area contributed by atoms with E-state index in [1.54, 1.807) is 36.0 Å². The summed E-state index contributed by atoms with van der Waals surface area (Å²) in [6.45, 7) is 1.66. The van der Waals surface area contributed by atoms with Gasteiger partial charge < -0.3 is 14.8 Å². The smallest absolute Gasteiger partial charge is 0.347 e. The number of rotatable bonds is 9. The van der Waals surface area contributed by atoms with Gasteiger partial charge in [-0.05, 0) is 43.3 Å². The number of esters is 1. The average molecular weight is 384 g/mol. The summed E-state index contributed by atoms with van der Waals surface area (Å²) >= 11 is 1.63. The highest BCUT2D eigenvalue weighted by Crippen LogP contribution is 2.16. The number of benzene rings is 2. The van der Waals surface area contributed by atoms with Gasteiger partial charge in [0.15, 0.2) is 12.7 Å². The van der Waals surface area contributed by atoms with E-state index in [0.717, 1.165) is 10.6 Å². The van der Waals surface area contributed by atoms with Crippen LogP contribution in [-0.4, -0.2) is 36.9 Å². The van der Waals surface area contributed by atoms with Gasteiger partial charge in [0, 0.05) is 17.2 Å². The van der Waals surface area contributed by atoms with Crippen molar-refractivity contribution < 1.29 is 19.1 Å². The molecule has 2 rings (SSSR count). The van der Waals surface area contributed by atoms with E-state index >= 15 is 0 Å². The number of hydrogen-bond donors (Lipinski definition) is 1. The van der Waals surface area contributed by atoms with Gasteiger partial charge in [0.1, 0.15) is 5.75 Å². The molecule has 6 nitrogen and oxygen atoms in total. The Balaban J connectivity index is 1.63. The van der Waals surface area contributed by atoms with Crippen LogP contribution in [0.15, 0.2) is 59.5 Å². The Bertz CT molecular complexity index is 788. The van der Waals surface area contributed by atoms with E-state index in [-0.39, 0.29) is 12.5 Å². The Labute approximate surface area is 162 Å². The van der Waals surface area contributed by atoms with Gasteiger partial charge in [0.25, 0.3) is 5.91 Å². The van der Waals surface area contributed by atoms with Crippen molar-refractivity contribution in [1.29, 1.82) is 5.26 Å². The lowest BCUT2D eigenvalue weighted by Crippen LogP contribution is -2.33. The molecule has 2 aromatic carbocycles. The third kappa shape index (κ3) is 7.42. The minimum absolute atomic E-state index is 0.351. The van der Waals surface area contributed by atoms with Crippen molar-refractivity contribution in [2.24, 2.45) is 0 Å². The number of nitrogens with zero attached hydrogens (tertiary/aromatic N) is 1. The topological polar surface area (TPSA) is 88.4 Å². The second-order valence-corrected chi connectivity index (χ2v) is 6.68. The van der Waals surface area contributed by atoms with Gasteiger partial charge in [0.2, 0.25) is 0 Å². The van der Waals surface area contributed by atoms with Crippen LogP contribution in [0.25, 0.3) is 0 Å². The standard InChI is InChI=1S/C20H20N2O4S/c1-15(26-17-9-7-16(13-21)8-10-17)20(24)25-14-19(23)22-11-12-27-18-5-3-2-4-6-18/h2-10,15H,11-12,14H2,1H3,(H,22,23)/t15-/m0/s1. The van der Waals surface area contributed by atoms with Crippen molar-refractivity contribution >= 4 is 23.6 Å². The van der Waals surface area contributed by atoms with Crippen LogP contribution in [0.2, 0.25) is 0 Å². The van der Waals surface area contributed by atoms with Crippen LogP contribution in [0.3, 0.4) is 0 Å². The molecule has 27 heavy (non-hydrogen) atoms. The van der Waals surface area contributed by atoms with Gasteiger partial charge in [-0.15, -0.1) is 11.8 Å². The lowest BCUT2D eigenvalue weighted by molar-refractivity contribution is -0.154. The molecule has 1 N–H and O–H groups in total. The molecule has 7 heteroatoms. The maximum absolute atomic E-state index is 11.9. The number of carbonyl (C=O) groups excluding carboxylic acids is 2. The molecule has 1 amide bonds. The molecular weight excluding hydrogens is 364 g/mol. The molecule has 0 aliphatic rings. The molecule has 0 saturated heterocycles. The molecule has 140 valence electrons. The SMILES string of the molecule is C[C@H](Oc1ccc(C#N)cc1)C(=O)OCC(=O)NCCSc1ccccc1. The number of amides is 1. The van der Waals surface area contributed by atoms with Crippen LogP contribution in [0, 0.1) is 11.3 Å². The molecule has 0 unspecified atom stereocenters. The van der Waals surface area contributed by atoms with Crippen molar-refractivity contribution in [3.05, 3.63) is 60.2 Å². The fourth-order valence-corrected chi connectivity index (χ4v) is 2.83. The van der Waals surface area contributed by atoms with E-state index in [0.29, 0.717) is 17.9 Å².